The van der Waals surface area contributed by atoms with E-state index in [1.165, 1.54) is 46.9 Å². The summed E-state index contributed by atoms with van der Waals surface area (Å²) in [5.74, 6) is -1.29. The van der Waals surface area contributed by atoms with Crippen LogP contribution in [0.3, 0.4) is 0 Å². The molecule has 11 heteroatoms. The summed E-state index contributed by atoms with van der Waals surface area (Å²) < 4.78 is 29.5. The number of likely N-dealkylation sites (tertiary alicyclic amines) is 1. The van der Waals surface area contributed by atoms with Gasteiger partial charge in [0, 0.05) is 36.3 Å². The largest absolute Gasteiger partial charge is 0.349 e. The van der Waals surface area contributed by atoms with Gasteiger partial charge in [0.15, 0.2) is 4.96 Å². The number of nitrogens with one attached hydrogen (secondary N) is 1. The van der Waals surface area contributed by atoms with Gasteiger partial charge >= 0.3 is 0 Å². The molecule has 0 saturated carbocycles. The number of aromatic nitrogens is 3. The molecule has 2 amide bonds. The molecular weight excluding hydrogens is 552 g/mol. The summed E-state index contributed by atoms with van der Waals surface area (Å²) in [6.45, 7) is 2.62. The van der Waals surface area contributed by atoms with Gasteiger partial charge in [-0.25, -0.2) is 18.7 Å². The van der Waals surface area contributed by atoms with Crippen LogP contribution in [-0.2, 0) is 0 Å². The van der Waals surface area contributed by atoms with E-state index < -0.39 is 5.82 Å². The summed E-state index contributed by atoms with van der Waals surface area (Å²) in [6.07, 6.45) is 4.32. The number of hydrogen-bond donors (Lipinski definition) is 1. The third-order valence-electron chi connectivity index (χ3n) is 7.05. The Kier molecular flexibility index (Phi) is 7.16. The van der Waals surface area contributed by atoms with Crippen LogP contribution in [0.25, 0.3) is 26.0 Å². The molecule has 1 aliphatic heterocycles. The van der Waals surface area contributed by atoms with Crippen molar-refractivity contribution in [1.29, 1.82) is 0 Å². The molecule has 1 aliphatic rings. The number of piperidine rings is 1. The lowest BCUT2D eigenvalue weighted by Gasteiger charge is -2.35. The Morgan fingerprint density at radius 1 is 1.05 bits per heavy atom. The van der Waals surface area contributed by atoms with E-state index in [4.69, 9.17) is 0 Å². The summed E-state index contributed by atoms with van der Waals surface area (Å²) in [7, 11) is 0. The van der Waals surface area contributed by atoms with Crippen LogP contribution >= 0.6 is 22.7 Å². The van der Waals surface area contributed by atoms with Crippen LogP contribution in [0.4, 0.5) is 8.78 Å². The topological polar surface area (TPSA) is 79.6 Å². The molecule has 2 aromatic carbocycles. The maximum absolute atomic E-state index is 14.0. The van der Waals surface area contributed by atoms with Gasteiger partial charge in [-0.3, -0.25) is 14.0 Å². The van der Waals surface area contributed by atoms with Gasteiger partial charge in [0.05, 0.1) is 10.6 Å². The van der Waals surface area contributed by atoms with Gasteiger partial charge in [0.25, 0.3) is 11.8 Å². The quantitative estimate of drug-likeness (QED) is 0.261. The number of imidazole rings is 1. The number of carbonyl (C=O) groups is 2. The molecule has 0 unspecified atom stereocenters. The second-order valence-corrected chi connectivity index (χ2v) is 11.5. The van der Waals surface area contributed by atoms with Gasteiger partial charge in [-0.1, -0.05) is 24.3 Å². The van der Waals surface area contributed by atoms with Gasteiger partial charge in [-0.2, -0.15) is 0 Å². The Balaban J connectivity index is 1.29. The number of benzene rings is 2. The Labute approximate surface area is 237 Å². The summed E-state index contributed by atoms with van der Waals surface area (Å²) >= 11 is 2.73. The third kappa shape index (κ3) is 5.02. The zero-order chi connectivity index (χ0) is 27.8. The number of fused-ring (bicyclic) bond motifs is 1. The minimum Gasteiger partial charge on any atom is -0.349 e. The van der Waals surface area contributed by atoms with Crippen LogP contribution in [0.2, 0.25) is 0 Å². The van der Waals surface area contributed by atoms with Crippen LogP contribution in [0.15, 0.2) is 60.1 Å². The normalized spacial score (nSPS) is 15.5. The highest BCUT2D eigenvalue weighted by atomic mass is 32.1. The molecule has 1 N–H and O–H groups in total. The zero-order valence-electron chi connectivity index (χ0n) is 21.6. The van der Waals surface area contributed by atoms with Gasteiger partial charge in [-0.05, 0) is 56.0 Å². The second kappa shape index (κ2) is 10.9. The molecule has 7 nitrogen and oxygen atoms in total. The molecule has 0 bridgehead atoms. The molecule has 1 saturated heterocycles. The first-order valence-electron chi connectivity index (χ1n) is 12.9. The molecule has 6 rings (SSSR count). The molecule has 204 valence electrons. The molecule has 1 atom stereocenters. The zero-order valence-corrected chi connectivity index (χ0v) is 23.2. The molecular formula is C29H25F2N5O2S2. The van der Waals surface area contributed by atoms with Crippen molar-refractivity contribution in [3.05, 3.63) is 88.8 Å². The van der Waals surface area contributed by atoms with E-state index in [1.807, 2.05) is 11.6 Å². The van der Waals surface area contributed by atoms with Crippen molar-refractivity contribution < 1.29 is 18.4 Å². The maximum Gasteiger partial charge on any atom is 0.274 e. The van der Waals surface area contributed by atoms with Crippen molar-refractivity contribution in [2.24, 2.45) is 0 Å². The van der Waals surface area contributed by atoms with E-state index >= 15 is 0 Å². The Bertz CT molecular complexity index is 1710. The molecule has 5 aromatic rings. The smallest absolute Gasteiger partial charge is 0.274 e. The predicted octanol–water partition coefficient (Wildman–Crippen LogP) is 6.20. The number of nitrogens with zero attached hydrogens (tertiary/aromatic N) is 4. The lowest BCUT2D eigenvalue weighted by Crippen LogP contribution is -2.49. The average molecular weight is 578 g/mol. The average Bonchev–Trinajstić information content (AvgIpc) is 3.67. The SMILES string of the molecule is Cc1nc2sccn2c1C(=O)NC[C@@H]1CCCCN1C(=O)c1nc(-c2cccc(F)c2)sc1-c1ccc(F)cc1. The highest BCUT2D eigenvalue weighted by Gasteiger charge is 2.32. The molecule has 0 spiro atoms. The number of aryl methyl sites for hydroxylation is 1. The third-order valence-corrected chi connectivity index (χ3v) is 8.96. The minimum atomic E-state index is -0.399. The Hall–Kier alpha value is -3.96. The fourth-order valence-electron chi connectivity index (χ4n) is 5.08. The van der Waals surface area contributed by atoms with Gasteiger partial charge < -0.3 is 10.2 Å². The molecule has 4 heterocycles. The summed E-state index contributed by atoms with van der Waals surface area (Å²) in [5, 5.41) is 5.39. The van der Waals surface area contributed by atoms with Crippen molar-refractivity contribution in [2.45, 2.75) is 32.2 Å². The standard InChI is InChI=1S/C29H25F2N5O2S2/c1-17-24(36-13-14-39-29(36)33-17)26(37)32-16-22-7-2-3-12-35(22)28(38)23-25(18-8-10-20(30)11-9-18)40-27(34-23)19-5-4-6-21(31)15-19/h4-6,8-11,13-15,22H,2-3,7,12,16H2,1H3,(H,32,37)/t22-/m0/s1. The predicted molar refractivity (Wildman–Crippen MR) is 152 cm³/mol. The van der Waals surface area contributed by atoms with E-state index in [0.29, 0.717) is 38.9 Å². The maximum atomic E-state index is 14.0. The van der Waals surface area contributed by atoms with Gasteiger partial charge in [-0.15, -0.1) is 22.7 Å². The first-order valence-corrected chi connectivity index (χ1v) is 14.6. The number of halogens is 2. The summed E-state index contributed by atoms with van der Waals surface area (Å²) in [5.41, 5.74) is 2.59. The van der Waals surface area contributed by atoms with Crippen LogP contribution in [0, 0.1) is 18.6 Å². The highest BCUT2D eigenvalue weighted by Crippen LogP contribution is 2.37. The van der Waals surface area contributed by atoms with Crippen molar-refractivity contribution >= 4 is 39.4 Å². The van der Waals surface area contributed by atoms with Gasteiger partial charge in [0.2, 0.25) is 0 Å². The van der Waals surface area contributed by atoms with E-state index in [9.17, 15) is 18.4 Å². The lowest BCUT2D eigenvalue weighted by molar-refractivity contribution is 0.0598. The van der Waals surface area contributed by atoms with Crippen molar-refractivity contribution in [2.75, 3.05) is 13.1 Å². The number of amides is 2. The molecule has 3 aromatic heterocycles. The first kappa shape index (κ1) is 26.3. The molecule has 0 radical (unpaired) electrons. The van der Waals surface area contributed by atoms with E-state index in [-0.39, 0.29) is 35.9 Å². The van der Waals surface area contributed by atoms with Crippen LogP contribution in [0.1, 0.15) is 45.9 Å². The number of rotatable bonds is 6. The molecule has 0 aliphatic carbocycles. The fraction of sp³-hybridized carbons (Fsp3) is 0.241. The monoisotopic (exact) mass is 577 g/mol. The molecule has 40 heavy (non-hydrogen) atoms. The van der Waals surface area contributed by atoms with Crippen LogP contribution < -0.4 is 5.32 Å². The van der Waals surface area contributed by atoms with Crippen LogP contribution in [-0.4, -0.2) is 50.2 Å². The van der Waals surface area contributed by atoms with E-state index in [2.05, 4.69) is 15.3 Å². The minimum absolute atomic E-state index is 0.225. The van der Waals surface area contributed by atoms with Gasteiger partial charge in [0.1, 0.15) is 28.0 Å². The Morgan fingerprint density at radius 3 is 2.67 bits per heavy atom. The number of hydrogen-bond acceptors (Lipinski definition) is 6. The van der Waals surface area contributed by atoms with E-state index in [1.54, 1.807) is 40.5 Å². The fourth-order valence-corrected chi connectivity index (χ4v) is 6.90. The second-order valence-electron chi connectivity index (χ2n) is 9.67. The van der Waals surface area contributed by atoms with E-state index in [0.717, 1.165) is 24.2 Å². The van der Waals surface area contributed by atoms with Crippen molar-refractivity contribution in [3.8, 4) is 21.0 Å². The molecule has 1 fully saturated rings. The Morgan fingerprint density at radius 2 is 1.88 bits per heavy atom. The number of carbonyl (C=O) groups excluding carboxylic acids is 2. The van der Waals surface area contributed by atoms with Crippen LogP contribution in [0.5, 0.6) is 0 Å². The van der Waals surface area contributed by atoms with Crippen molar-refractivity contribution in [1.82, 2.24) is 24.6 Å². The first-order chi connectivity index (χ1) is 19.4. The van der Waals surface area contributed by atoms with Crippen molar-refractivity contribution in [3.63, 3.8) is 0 Å². The summed E-state index contributed by atoms with van der Waals surface area (Å²) in [6, 6.07) is 11.8. The number of thiazole rings is 2. The highest BCUT2D eigenvalue weighted by molar-refractivity contribution is 7.18. The lowest BCUT2D eigenvalue weighted by atomic mass is 10.0. The summed E-state index contributed by atoms with van der Waals surface area (Å²) in [4.78, 5) is 39.4.